The van der Waals surface area contributed by atoms with Crippen molar-refractivity contribution in [3.8, 4) is 23.0 Å². The van der Waals surface area contributed by atoms with Gasteiger partial charge in [-0.1, -0.05) is 131 Å². The summed E-state index contributed by atoms with van der Waals surface area (Å²) in [6, 6.07) is 16.1. The molecule has 4 rings (SSSR count). The molecule has 0 aromatic heterocycles. The van der Waals surface area contributed by atoms with E-state index in [1.54, 1.807) is 0 Å². The molecule has 0 heterocycles. The highest BCUT2D eigenvalue weighted by atomic mass is 32.2. The van der Waals surface area contributed by atoms with Gasteiger partial charge in [0.15, 0.2) is 0 Å². The standard InChI is InChI=1S/2C22H30O2S/c2*1-13-9-15(21(3,4)5)19(23)17(11-13)25-18-12-14(2)10-16(20(18)24)22(6,7)8/h2*9-12,23-24H,1-8H3. The first kappa shape index (κ1) is 41.2. The van der Waals surface area contributed by atoms with Gasteiger partial charge in [0, 0.05) is 22.3 Å². The van der Waals surface area contributed by atoms with E-state index in [0.29, 0.717) is 23.0 Å². The Balaban J connectivity index is 0.000000270. The van der Waals surface area contributed by atoms with Gasteiger partial charge in [-0.25, -0.2) is 0 Å². The van der Waals surface area contributed by atoms with E-state index in [-0.39, 0.29) is 21.7 Å². The number of aryl methyl sites for hydroxylation is 4. The van der Waals surface area contributed by atoms with E-state index in [2.05, 4.69) is 83.1 Å². The van der Waals surface area contributed by atoms with Gasteiger partial charge in [-0.2, -0.15) is 0 Å². The molecule has 0 fully saturated rings. The Kier molecular flexibility index (Phi) is 12.2. The van der Waals surface area contributed by atoms with Crippen molar-refractivity contribution in [3.63, 3.8) is 0 Å². The molecule has 4 nitrogen and oxygen atoms in total. The number of aromatic hydroxyl groups is 4. The molecule has 0 aliphatic rings. The fraction of sp³-hybridized carbons (Fsp3) is 0.455. The lowest BCUT2D eigenvalue weighted by Gasteiger charge is -2.24. The number of hydrogen-bond acceptors (Lipinski definition) is 6. The van der Waals surface area contributed by atoms with Crippen molar-refractivity contribution in [1.82, 2.24) is 0 Å². The van der Waals surface area contributed by atoms with Crippen LogP contribution in [0.1, 0.15) is 128 Å². The van der Waals surface area contributed by atoms with Gasteiger partial charge in [-0.15, -0.1) is 0 Å². The molecule has 50 heavy (non-hydrogen) atoms. The van der Waals surface area contributed by atoms with Crippen molar-refractivity contribution in [3.05, 3.63) is 93.0 Å². The lowest BCUT2D eigenvalue weighted by molar-refractivity contribution is 0.430. The summed E-state index contributed by atoms with van der Waals surface area (Å²) < 4.78 is 0. The number of hydrogen-bond donors (Lipinski definition) is 4. The highest BCUT2D eigenvalue weighted by Crippen LogP contribution is 2.48. The van der Waals surface area contributed by atoms with Gasteiger partial charge in [0.25, 0.3) is 0 Å². The summed E-state index contributed by atoms with van der Waals surface area (Å²) in [6.45, 7) is 33.3. The highest BCUT2D eigenvalue weighted by Gasteiger charge is 2.26. The first-order chi connectivity index (χ1) is 22.6. The third-order valence-corrected chi connectivity index (χ3v) is 10.7. The average molecular weight is 717 g/mol. The van der Waals surface area contributed by atoms with E-state index < -0.39 is 0 Å². The van der Waals surface area contributed by atoms with E-state index in [1.807, 2.05) is 76.2 Å². The molecule has 0 spiro atoms. The summed E-state index contributed by atoms with van der Waals surface area (Å²) in [6.07, 6.45) is 0. The average Bonchev–Trinajstić information content (AvgIpc) is 2.93. The SMILES string of the molecule is Cc1cc(Sc2cc(C)cc(C(C)(C)C)c2O)c(O)c(C(C)(C)C)c1.Cc1cc(Sc2cc(C)cc(C(C)(C)C)c2O)c(O)c(C(C)(C)C)c1. The summed E-state index contributed by atoms with van der Waals surface area (Å²) in [5, 5.41) is 43.2. The largest absolute Gasteiger partial charge is 0.506 e. The van der Waals surface area contributed by atoms with Crippen LogP contribution in [-0.4, -0.2) is 20.4 Å². The smallest absolute Gasteiger partial charge is 0.133 e. The summed E-state index contributed by atoms with van der Waals surface area (Å²) >= 11 is 2.86. The van der Waals surface area contributed by atoms with Crippen molar-refractivity contribution >= 4 is 23.5 Å². The lowest BCUT2D eigenvalue weighted by Crippen LogP contribution is -2.12. The minimum atomic E-state index is -0.142. The summed E-state index contributed by atoms with van der Waals surface area (Å²) in [5.41, 5.74) is 7.57. The van der Waals surface area contributed by atoms with E-state index in [0.717, 1.165) is 64.1 Å². The van der Waals surface area contributed by atoms with Crippen LogP contribution in [0.25, 0.3) is 0 Å². The van der Waals surface area contributed by atoms with Crippen molar-refractivity contribution in [1.29, 1.82) is 0 Å². The quantitative estimate of drug-likeness (QED) is 0.168. The third kappa shape index (κ3) is 9.97. The number of benzene rings is 4. The zero-order valence-electron chi connectivity index (χ0n) is 33.2. The maximum atomic E-state index is 10.8. The van der Waals surface area contributed by atoms with Crippen molar-refractivity contribution < 1.29 is 20.4 Å². The number of rotatable bonds is 4. The molecule has 0 aliphatic carbocycles. The van der Waals surface area contributed by atoms with E-state index in [4.69, 9.17) is 0 Å². The maximum absolute atomic E-state index is 10.8. The highest BCUT2D eigenvalue weighted by molar-refractivity contribution is 7.99. The first-order valence-electron chi connectivity index (χ1n) is 17.3. The molecule has 0 saturated heterocycles. The molecule has 6 heteroatoms. The molecule has 0 bridgehead atoms. The summed E-state index contributed by atoms with van der Waals surface area (Å²) in [7, 11) is 0. The molecule has 0 atom stereocenters. The predicted molar refractivity (Wildman–Crippen MR) is 214 cm³/mol. The molecule has 0 saturated carbocycles. The minimum Gasteiger partial charge on any atom is -0.506 e. The molecular weight excluding hydrogens is 657 g/mol. The summed E-state index contributed by atoms with van der Waals surface area (Å²) in [4.78, 5) is 3.13. The molecule has 4 aromatic rings. The van der Waals surface area contributed by atoms with Crippen molar-refractivity contribution in [2.75, 3.05) is 0 Å². The van der Waals surface area contributed by atoms with Gasteiger partial charge in [0.05, 0.1) is 19.6 Å². The Morgan fingerprint density at radius 1 is 0.320 bits per heavy atom. The zero-order chi connectivity index (χ0) is 38.3. The Bertz CT molecular complexity index is 1590. The van der Waals surface area contributed by atoms with Crippen LogP contribution in [0.2, 0.25) is 0 Å². The zero-order valence-corrected chi connectivity index (χ0v) is 34.9. The molecule has 0 amide bonds. The fourth-order valence-electron chi connectivity index (χ4n) is 5.82. The first-order valence-corrected chi connectivity index (χ1v) is 19.0. The minimum absolute atomic E-state index is 0.142. The van der Waals surface area contributed by atoms with Crippen LogP contribution in [0.5, 0.6) is 23.0 Å². The molecule has 0 unspecified atom stereocenters. The topological polar surface area (TPSA) is 80.9 Å². The Hall–Kier alpha value is -3.22. The molecule has 0 aliphatic heterocycles. The van der Waals surface area contributed by atoms with Crippen LogP contribution in [0.15, 0.2) is 68.1 Å². The second-order valence-electron chi connectivity index (χ2n) is 17.8. The summed E-state index contributed by atoms with van der Waals surface area (Å²) in [5.74, 6) is 1.23. The second kappa shape index (κ2) is 14.8. The van der Waals surface area contributed by atoms with Crippen molar-refractivity contribution in [2.24, 2.45) is 0 Å². The number of phenolic OH excluding ortho intramolecular Hbond substituents is 4. The monoisotopic (exact) mass is 716 g/mol. The van der Waals surface area contributed by atoms with Gasteiger partial charge in [-0.3, -0.25) is 0 Å². The van der Waals surface area contributed by atoms with Crippen molar-refractivity contribution in [2.45, 2.75) is 152 Å². The molecule has 4 N–H and O–H groups in total. The van der Waals surface area contributed by atoms with Crippen LogP contribution in [0.4, 0.5) is 0 Å². The van der Waals surface area contributed by atoms with E-state index in [9.17, 15) is 20.4 Å². The maximum Gasteiger partial charge on any atom is 0.133 e. The molecular formula is C44H60O4S2. The van der Waals surface area contributed by atoms with Gasteiger partial charge < -0.3 is 20.4 Å². The second-order valence-corrected chi connectivity index (χ2v) is 20.0. The van der Waals surface area contributed by atoms with Gasteiger partial charge in [-0.05, 0) is 95.9 Å². The fourth-order valence-corrected chi connectivity index (χ4v) is 8.10. The van der Waals surface area contributed by atoms with Crippen LogP contribution in [0.3, 0.4) is 0 Å². The third-order valence-electron chi connectivity index (χ3n) is 8.55. The van der Waals surface area contributed by atoms with Gasteiger partial charge >= 0.3 is 0 Å². The Morgan fingerprint density at radius 3 is 0.620 bits per heavy atom. The van der Waals surface area contributed by atoms with Crippen LogP contribution in [-0.2, 0) is 21.7 Å². The number of phenols is 4. The Labute approximate surface area is 310 Å². The Morgan fingerprint density at radius 2 is 0.480 bits per heavy atom. The normalized spacial score (nSPS) is 12.5. The van der Waals surface area contributed by atoms with Crippen LogP contribution < -0.4 is 0 Å². The van der Waals surface area contributed by atoms with Crippen LogP contribution >= 0.6 is 23.5 Å². The van der Waals surface area contributed by atoms with E-state index in [1.165, 1.54) is 23.5 Å². The van der Waals surface area contributed by atoms with Gasteiger partial charge in [0.1, 0.15) is 23.0 Å². The molecule has 272 valence electrons. The van der Waals surface area contributed by atoms with E-state index >= 15 is 0 Å². The molecule has 0 radical (unpaired) electrons. The molecule has 4 aromatic carbocycles. The van der Waals surface area contributed by atoms with Crippen LogP contribution in [0, 0.1) is 27.7 Å². The lowest BCUT2D eigenvalue weighted by atomic mass is 9.85. The predicted octanol–water partition coefficient (Wildman–Crippen LogP) is 12.9. The van der Waals surface area contributed by atoms with Gasteiger partial charge in [0.2, 0.25) is 0 Å².